The number of rotatable bonds is 8. The molecule has 0 radical (unpaired) electrons. The van der Waals surface area contributed by atoms with Crippen molar-refractivity contribution in [2.45, 2.75) is 13.5 Å². The van der Waals surface area contributed by atoms with E-state index in [-0.39, 0.29) is 23.3 Å². The summed E-state index contributed by atoms with van der Waals surface area (Å²) in [5.74, 6) is -0.234. The van der Waals surface area contributed by atoms with E-state index in [9.17, 15) is 9.59 Å². The standard InChI is InChI=1S/C22H27N5O2/c1-4-26(16-17-10-6-5-7-11-17)22(29)20-24-19(18-12-8-9-14-27(18)20)21(28)23-13-15-25(2)3/h5-12,14H,4,13,15-16H2,1-3H3,(H,23,28). The second-order valence-electron chi connectivity index (χ2n) is 7.10. The van der Waals surface area contributed by atoms with E-state index < -0.39 is 0 Å². The summed E-state index contributed by atoms with van der Waals surface area (Å²) in [7, 11) is 3.89. The molecule has 0 aliphatic rings. The average Bonchev–Trinajstić information content (AvgIpc) is 3.12. The van der Waals surface area contributed by atoms with E-state index in [1.807, 2.05) is 68.4 Å². The van der Waals surface area contributed by atoms with Gasteiger partial charge < -0.3 is 15.1 Å². The summed E-state index contributed by atoms with van der Waals surface area (Å²) >= 11 is 0. The van der Waals surface area contributed by atoms with Crippen LogP contribution in [0.25, 0.3) is 5.52 Å². The molecular formula is C22H27N5O2. The van der Waals surface area contributed by atoms with Crippen LogP contribution in [0.3, 0.4) is 0 Å². The maximum atomic E-state index is 13.2. The Balaban J connectivity index is 1.88. The van der Waals surface area contributed by atoms with E-state index in [4.69, 9.17) is 0 Å². The summed E-state index contributed by atoms with van der Waals surface area (Å²) in [5, 5.41) is 2.88. The topological polar surface area (TPSA) is 70.0 Å². The van der Waals surface area contributed by atoms with Crippen LogP contribution in [0.15, 0.2) is 54.7 Å². The lowest BCUT2D eigenvalue weighted by Crippen LogP contribution is -2.32. The minimum Gasteiger partial charge on any atom is -0.349 e. The molecule has 2 amide bonds. The van der Waals surface area contributed by atoms with Gasteiger partial charge in [-0.1, -0.05) is 36.4 Å². The molecule has 2 heterocycles. The third-order valence-corrected chi connectivity index (χ3v) is 4.68. The minimum absolute atomic E-state index is 0.204. The van der Waals surface area contributed by atoms with Crippen molar-refractivity contribution in [1.29, 1.82) is 0 Å². The van der Waals surface area contributed by atoms with Crippen molar-refractivity contribution >= 4 is 17.3 Å². The highest BCUT2D eigenvalue weighted by Gasteiger charge is 2.24. The van der Waals surface area contributed by atoms with Crippen LogP contribution in [0.5, 0.6) is 0 Å². The first kappa shape index (κ1) is 20.5. The zero-order chi connectivity index (χ0) is 20.8. The number of aromatic nitrogens is 2. The van der Waals surface area contributed by atoms with E-state index in [0.717, 1.165) is 12.1 Å². The number of benzene rings is 1. The van der Waals surface area contributed by atoms with Gasteiger partial charge in [-0.2, -0.15) is 0 Å². The summed E-state index contributed by atoms with van der Waals surface area (Å²) in [5.41, 5.74) is 1.93. The molecule has 0 bridgehead atoms. The Bertz CT molecular complexity index is 981. The fourth-order valence-corrected chi connectivity index (χ4v) is 3.10. The van der Waals surface area contributed by atoms with Crippen LogP contribution >= 0.6 is 0 Å². The zero-order valence-corrected chi connectivity index (χ0v) is 17.1. The monoisotopic (exact) mass is 393 g/mol. The van der Waals surface area contributed by atoms with Crippen LogP contribution in [0, 0.1) is 0 Å². The van der Waals surface area contributed by atoms with Gasteiger partial charge in [0.05, 0.1) is 5.52 Å². The van der Waals surface area contributed by atoms with Crippen LogP contribution in [0.2, 0.25) is 0 Å². The number of pyridine rings is 1. The molecule has 0 spiro atoms. The van der Waals surface area contributed by atoms with Crippen molar-refractivity contribution in [1.82, 2.24) is 24.5 Å². The van der Waals surface area contributed by atoms with E-state index in [0.29, 0.717) is 25.2 Å². The van der Waals surface area contributed by atoms with Gasteiger partial charge in [0.25, 0.3) is 11.8 Å². The fourth-order valence-electron chi connectivity index (χ4n) is 3.10. The van der Waals surface area contributed by atoms with Crippen LogP contribution in [-0.4, -0.2) is 64.7 Å². The third kappa shape index (κ3) is 4.81. The fraction of sp³-hybridized carbons (Fsp3) is 0.318. The van der Waals surface area contributed by atoms with Crippen molar-refractivity contribution in [2.75, 3.05) is 33.7 Å². The van der Waals surface area contributed by atoms with Gasteiger partial charge in [0, 0.05) is 32.4 Å². The molecule has 0 fully saturated rings. The lowest BCUT2D eigenvalue weighted by atomic mass is 10.2. The second-order valence-corrected chi connectivity index (χ2v) is 7.10. The first-order valence-corrected chi connectivity index (χ1v) is 9.74. The molecule has 1 aromatic carbocycles. The van der Waals surface area contributed by atoms with Crippen molar-refractivity contribution in [3.05, 3.63) is 71.8 Å². The number of hydrogen-bond acceptors (Lipinski definition) is 4. The normalized spacial score (nSPS) is 11.0. The lowest BCUT2D eigenvalue weighted by molar-refractivity contribution is 0.0739. The Kier molecular flexibility index (Phi) is 6.61. The number of nitrogens with zero attached hydrogens (tertiary/aromatic N) is 4. The smallest absolute Gasteiger partial charge is 0.290 e. The van der Waals surface area contributed by atoms with E-state index >= 15 is 0 Å². The highest BCUT2D eigenvalue weighted by molar-refractivity contribution is 6.02. The minimum atomic E-state index is -0.277. The van der Waals surface area contributed by atoms with Crippen LogP contribution in [0.4, 0.5) is 0 Å². The molecule has 0 saturated heterocycles. The second kappa shape index (κ2) is 9.34. The molecule has 3 rings (SSSR count). The van der Waals surface area contributed by atoms with Crippen molar-refractivity contribution < 1.29 is 9.59 Å². The number of carbonyl (C=O) groups is 2. The number of hydrogen-bond donors (Lipinski definition) is 1. The first-order valence-electron chi connectivity index (χ1n) is 9.74. The number of imidazole rings is 1. The van der Waals surface area contributed by atoms with Crippen molar-refractivity contribution in [3.63, 3.8) is 0 Å². The third-order valence-electron chi connectivity index (χ3n) is 4.68. The summed E-state index contributed by atoms with van der Waals surface area (Å²) in [6.45, 7) is 4.20. The summed E-state index contributed by atoms with van der Waals surface area (Å²) in [6.07, 6.45) is 1.77. The summed E-state index contributed by atoms with van der Waals surface area (Å²) in [6, 6.07) is 15.3. The lowest BCUT2D eigenvalue weighted by Gasteiger charge is -2.20. The molecule has 0 atom stereocenters. The van der Waals surface area contributed by atoms with Gasteiger partial charge in [-0.05, 0) is 38.7 Å². The van der Waals surface area contributed by atoms with Crippen LogP contribution in [0.1, 0.15) is 33.6 Å². The van der Waals surface area contributed by atoms with Gasteiger partial charge in [-0.3, -0.25) is 14.0 Å². The maximum Gasteiger partial charge on any atom is 0.290 e. The molecule has 3 aromatic rings. The van der Waals surface area contributed by atoms with Gasteiger partial charge in [-0.25, -0.2) is 4.98 Å². The van der Waals surface area contributed by atoms with E-state index in [1.54, 1.807) is 21.6 Å². The molecule has 0 aliphatic carbocycles. The molecule has 152 valence electrons. The number of likely N-dealkylation sites (N-methyl/N-ethyl adjacent to an activating group) is 1. The number of fused-ring (bicyclic) bond motifs is 1. The average molecular weight is 393 g/mol. The Morgan fingerprint density at radius 3 is 2.48 bits per heavy atom. The molecule has 2 aromatic heterocycles. The Labute approximate surface area is 171 Å². The van der Waals surface area contributed by atoms with Crippen LogP contribution in [-0.2, 0) is 6.54 Å². The Morgan fingerprint density at radius 1 is 1.07 bits per heavy atom. The SMILES string of the molecule is CCN(Cc1ccccc1)C(=O)c1nc(C(=O)NCCN(C)C)c2ccccn12. The van der Waals surface area contributed by atoms with E-state index in [2.05, 4.69) is 10.3 Å². The first-order chi connectivity index (χ1) is 14.0. The largest absolute Gasteiger partial charge is 0.349 e. The maximum absolute atomic E-state index is 13.2. The zero-order valence-electron chi connectivity index (χ0n) is 17.1. The molecule has 7 nitrogen and oxygen atoms in total. The van der Waals surface area contributed by atoms with Gasteiger partial charge in [-0.15, -0.1) is 0 Å². The summed E-state index contributed by atoms with van der Waals surface area (Å²) in [4.78, 5) is 34.1. The van der Waals surface area contributed by atoms with Gasteiger partial charge in [0.2, 0.25) is 5.82 Å². The molecular weight excluding hydrogens is 366 g/mol. The van der Waals surface area contributed by atoms with Crippen molar-refractivity contribution in [2.24, 2.45) is 0 Å². The van der Waals surface area contributed by atoms with Gasteiger partial charge >= 0.3 is 0 Å². The molecule has 0 saturated carbocycles. The van der Waals surface area contributed by atoms with Crippen molar-refractivity contribution in [3.8, 4) is 0 Å². The molecule has 1 N–H and O–H groups in total. The molecule has 29 heavy (non-hydrogen) atoms. The highest BCUT2D eigenvalue weighted by Crippen LogP contribution is 2.16. The Morgan fingerprint density at radius 2 is 1.79 bits per heavy atom. The molecule has 7 heteroatoms. The van der Waals surface area contributed by atoms with E-state index in [1.165, 1.54) is 0 Å². The highest BCUT2D eigenvalue weighted by atomic mass is 16.2. The van der Waals surface area contributed by atoms with Gasteiger partial charge in [0.15, 0.2) is 5.69 Å². The summed E-state index contributed by atoms with van der Waals surface area (Å²) < 4.78 is 1.69. The van der Waals surface area contributed by atoms with Gasteiger partial charge in [0.1, 0.15) is 0 Å². The predicted octanol–water partition coefficient (Wildman–Crippen LogP) is 2.29. The number of nitrogens with one attached hydrogen (secondary N) is 1. The molecule has 0 aliphatic heterocycles. The number of carbonyl (C=O) groups excluding carboxylic acids is 2. The Hall–Kier alpha value is -3.19. The quantitative estimate of drug-likeness (QED) is 0.638. The van der Waals surface area contributed by atoms with Crippen LogP contribution < -0.4 is 5.32 Å². The number of amides is 2. The predicted molar refractivity (Wildman–Crippen MR) is 113 cm³/mol. The molecule has 0 unspecified atom stereocenters.